The molecular formula is C17H15F11O2. The molecule has 1 aromatic carbocycles. The number of rotatable bonds is 6. The van der Waals surface area contributed by atoms with E-state index in [1.807, 2.05) is 0 Å². The van der Waals surface area contributed by atoms with E-state index in [4.69, 9.17) is 4.74 Å². The zero-order valence-electron chi connectivity index (χ0n) is 15.0. The van der Waals surface area contributed by atoms with Crippen molar-refractivity contribution in [3.63, 3.8) is 0 Å². The number of aliphatic hydroxyl groups excluding tert-OH is 1. The molecule has 0 bridgehead atoms. The van der Waals surface area contributed by atoms with Gasteiger partial charge in [-0.15, -0.1) is 0 Å². The van der Waals surface area contributed by atoms with Gasteiger partial charge in [-0.3, -0.25) is 0 Å². The Bertz CT molecular complexity index is 749. The summed E-state index contributed by atoms with van der Waals surface area (Å²) in [4.78, 5) is 0. The molecule has 1 unspecified atom stereocenters. The van der Waals surface area contributed by atoms with Crippen LogP contribution in [0.2, 0.25) is 0 Å². The number of aliphatic hydroxyl groups is 1. The van der Waals surface area contributed by atoms with Crippen LogP contribution in [0.25, 0.3) is 0 Å². The van der Waals surface area contributed by atoms with Gasteiger partial charge >= 0.3 is 29.6 Å². The first-order valence-electron chi connectivity index (χ1n) is 8.41. The zero-order valence-corrected chi connectivity index (χ0v) is 15.0. The van der Waals surface area contributed by atoms with Gasteiger partial charge in [0.25, 0.3) is 5.67 Å². The van der Waals surface area contributed by atoms with Crippen LogP contribution in [0, 0.1) is 0 Å². The predicted octanol–water partition coefficient (Wildman–Crippen LogP) is 5.80. The Balaban J connectivity index is 2.59. The van der Waals surface area contributed by atoms with Crippen LogP contribution in [0.4, 0.5) is 48.3 Å². The van der Waals surface area contributed by atoms with Gasteiger partial charge in [-0.25, -0.2) is 4.39 Å². The second-order valence-corrected chi connectivity index (χ2v) is 6.78. The van der Waals surface area contributed by atoms with E-state index < -0.39 is 53.4 Å². The minimum absolute atomic E-state index is 0.0564. The van der Waals surface area contributed by atoms with Crippen molar-refractivity contribution >= 4 is 0 Å². The molecule has 0 aliphatic heterocycles. The van der Waals surface area contributed by atoms with E-state index in [-0.39, 0.29) is 12.4 Å². The van der Waals surface area contributed by atoms with Gasteiger partial charge in [-0.1, -0.05) is 25.1 Å². The molecule has 0 amide bonds. The first-order valence-corrected chi connectivity index (χ1v) is 8.41. The Kier molecular flexibility index (Phi) is 5.82. The minimum Gasteiger partial charge on any atom is -0.493 e. The molecule has 2 rings (SSSR count). The van der Waals surface area contributed by atoms with Gasteiger partial charge in [-0.2, -0.15) is 43.9 Å². The molecular weight excluding hydrogens is 445 g/mol. The Morgan fingerprint density at radius 3 is 1.67 bits per heavy atom. The van der Waals surface area contributed by atoms with Gasteiger partial charge in [-0.05, 0) is 12.5 Å². The molecule has 1 fully saturated rings. The van der Waals surface area contributed by atoms with Crippen molar-refractivity contribution < 1.29 is 58.1 Å². The van der Waals surface area contributed by atoms with Crippen molar-refractivity contribution in [2.45, 2.75) is 61.2 Å². The van der Waals surface area contributed by atoms with E-state index in [2.05, 4.69) is 0 Å². The number of hydrogen-bond acceptors (Lipinski definition) is 2. The van der Waals surface area contributed by atoms with Gasteiger partial charge in [0.1, 0.15) is 5.75 Å². The van der Waals surface area contributed by atoms with E-state index in [9.17, 15) is 53.4 Å². The van der Waals surface area contributed by atoms with Crippen molar-refractivity contribution in [3.05, 3.63) is 29.8 Å². The number of hydrogen-bond donors (Lipinski definition) is 1. The van der Waals surface area contributed by atoms with Gasteiger partial charge < -0.3 is 9.84 Å². The van der Waals surface area contributed by atoms with Crippen LogP contribution in [0.1, 0.15) is 31.4 Å². The molecule has 1 atom stereocenters. The lowest BCUT2D eigenvalue weighted by atomic mass is 9.69. The highest BCUT2D eigenvalue weighted by atomic mass is 19.4. The SMILES string of the molecule is CCCOc1ccccc1C(O)CC1(F)C(F)(F)C(F)(F)C(F)(F)C(F)(F)C1(F)F. The summed E-state index contributed by atoms with van der Waals surface area (Å²) in [5.41, 5.74) is -6.91. The van der Waals surface area contributed by atoms with E-state index in [1.54, 1.807) is 6.92 Å². The highest BCUT2D eigenvalue weighted by Gasteiger charge is 3.00. The third kappa shape index (κ3) is 2.87. The maximum Gasteiger partial charge on any atom is 0.384 e. The molecule has 0 saturated heterocycles. The van der Waals surface area contributed by atoms with Crippen molar-refractivity contribution in [3.8, 4) is 5.75 Å². The van der Waals surface area contributed by atoms with Crippen molar-refractivity contribution in [2.24, 2.45) is 0 Å². The van der Waals surface area contributed by atoms with Crippen LogP contribution in [0.3, 0.4) is 0 Å². The second-order valence-electron chi connectivity index (χ2n) is 6.78. The normalized spacial score (nSPS) is 26.0. The fraction of sp³-hybridized carbons (Fsp3) is 0.647. The number of ether oxygens (including phenoxy) is 1. The molecule has 0 spiro atoms. The monoisotopic (exact) mass is 460 g/mol. The average Bonchev–Trinajstić information content (AvgIpc) is 2.64. The van der Waals surface area contributed by atoms with Crippen LogP contribution in [0.15, 0.2) is 24.3 Å². The highest BCUT2D eigenvalue weighted by molar-refractivity contribution is 5.36. The Labute approximate surface area is 162 Å². The molecule has 0 heterocycles. The predicted molar refractivity (Wildman–Crippen MR) is 80.4 cm³/mol. The van der Waals surface area contributed by atoms with Crippen LogP contribution < -0.4 is 4.74 Å². The molecule has 172 valence electrons. The summed E-state index contributed by atoms with van der Waals surface area (Å²) in [6.45, 7) is 1.56. The van der Waals surface area contributed by atoms with Gasteiger partial charge in [0.05, 0.1) is 12.7 Å². The second kappa shape index (κ2) is 7.13. The summed E-state index contributed by atoms with van der Waals surface area (Å²) in [5, 5.41) is 9.99. The molecule has 0 aromatic heterocycles. The van der Waals surface area contributed by atoms with Crippen LogP contribution in [-0.2, 0) is 0 Å². The van der Waals surface area contributed by atoms with Gasteiger partial charge in [0.15, 0.2) is 0 Å². The zero-order chi connectivity index (χ0) is 23.4. The van der Waals surface area contributed by atoms with Crippen molar-refractivity contribution in [2.75, 3.05) is 6.61 Å². The number of para-hydroxylation sites is 1. The lowest BCUT2D eigenvalue weighted by molar-refractivity contribution is -0.487. The highest BCUT2D eigenvalue weighted by Crippen LogP contribution is 2.70. The summed E-state index contributed by atoms with van der Waals surface area (Å²) in [7, 11) is 0. The molecule has 13 heteroatoms. The fourth-order valence-electron chi connectivity index (χ4n) is 3.02. The third-order valence-corrected chi connectivity index (χ3v) is 4.79. The smallest absolute Gasteiger partial charge is 0.384 e. The minimum atomic E-state index is -7.28. The average molecular weight is 460 g/mol. The maximum atomic E-state index is 14.8. The standard InChI is InChI=1S/C17H15F11O2/c1-2-7-30-11-6-4-3-5-9(11)10(29)8-12(18)13(19,20)15(23,24)17(27,28)16(25,26)14(12,21)22/h3-6,10,29H,2,7-8H2,1H3. The van der Waals surface area contributed by atoms with Crippen molar-refractivity contribution in [1.29, 1.82) is 0 Å². The molecule has 2 nitrogen and oxygen atoms in total. The topological polar surface area (TPSA) is 29.5 Å². The van der Waals surface area contributed by atoms with E-state index in [0.29, 0.717) is 6.42 Å². The van der Waals surface area contributed by atoms with Crippen LogP contribution >= 0.6 is 0 Å². The summed E-state index contributed by atoms with van der Waals surface area (Å²) >= 11 is 0. The molecule has 1 aliphatic carbocycles. The van der Waals surface area contributed by atoms with Crippen LogP contribution in [-0.4, -0.2) is 47.0 Å². The Morgan fingerprint density at radius 2 is 1.20 bits per heavy atom. The first-order chi connectivity index (χ1) is 13.4. The lowest BCUT2D eigenvalue weighted by Crippen LogP contribution is -2.83. The first kappa shape index (κ1) is 24.5. The molecule has 1 N–H and O–H groups in total. The molecule has 30 heavy (non-hydrogen) atoms. The van der Waals surface area contributed by atoms with Crippen LogP contribution in [0.5, 0.6) is 5.75 Å². The van der Waals surface area contributed by atoms with Crippen molar-refractivity contribution in [1.82, 2.24) is 0 Å². The van der Waals surface area contributed by atoms with E-state index in [1.165, 1.54) is 6.07 Å². The number of halogens is 11. The molecule has 0 radical (unpaired) electrons. The van der Waals surface area contributed by atoms with Gasteiger partial charge in [0, 0.05) is 12.0 Å². The van der Waals surface area contributed by atoms with E-state index >= 15 is 0 Å². The summed E-state index contributed by atoms with van der Waals surface area (Å²) < 4.78 is 156. The Hall–Kier alpha value is -1.79. The number of alkyl halides is 11. The fourth-order valence-corrected chi connectivity index (χ4v) is 3.02. The molecule has 1 aliphatic rings. The summed E-state index contributed by atoms with van der Waals surface area (Å²) in [6, 6.07) is 4.28. The third-order valence-electron chi connectivity index (χ3n) is 4.79. The quantitative estimate of drug-likeness (QED) is 0.544. The number of benzene rings is 1. The van der Waals surface area contributed by atoms with E-state index in [0.717, 1.165) is 18.2 Å². The van der Waals surface area contributed by atoms with Gasteiger partial charge in [0.2, 0.25) is 0 Å². The molecule has 1 saturated carbocycles. The largest absolute Gasteiger partial charge is 0.493 e. The Morgan fingerprint density at radius 1 is 0.767 bits per heavy atom. The molecule has 1 aromatic rings. The summed E-state index contributed by atoms with van der Waals surface area (Å²) in [6.07, 6.45) is -5.19. The summed E-state index contributed by atoms with van der Waals surface area (Å²) in [5.74, 6) is -36.0. The lowest BCUT2D eigenvalue weighted by Gasteiger charge is -2.52. The maximum absolute atomic E-state index is 14.8.